The fourth-order valence-electron chi connectivity index (χ4n) is 1.95. The van der Waals surface area contributed by atoms with Gasteiger partial charge in [-0.1, -0.05) is 11.6 Å². The van der Waals surface area contributed by atoms with Crippen molar-refractivity contribution in [2.24, 2.45) is 0 Å². The van der Waals surface area contributed by atoms with Crippen molar-refractivity contribution in [1.82, 2.24) is 24.6 Å². The molecule has 0 spiro atoms. The van der Waals surface area contributed by atoms with Crippen molar-refractivity contribution in [2.45, 2.75) is 6.92 Å². The van der Waals surface area contributed by atoms with Crippen molar-refractivity contribution in [3.8, 4) is 17.3 Å². The van der Waals surface area contributed by atoms with Crippen LogP contribution < -0.4 is 4.74 Å². The van der Waals surface area contributed by atoms with Crippen LogP contribution in [0.25, 0.3) is 17.0 Å². The zero-order chi connectivity index (χ0) is 13.4. The molecule has 3 heterocycles. The van der Waals surface area contributed by atoms with E-state index in [1.807, 2.05) is 23.5 Å². The van der Waals surface area contributed by atoms with Crippen molar-refractivity contribution in [3.63, 3.8) is 0 Å². The predicted molar refractivity (Wildman–Crippen MR) is 70.3 cm³/mol. The van der Waals surface area contributed by atoms with Gasteiger partial charge in [0.1, 0.15) is 11.0 Å². The van der Waals surface area contributed by atoms with E-state index in [1.54, 1.807) is 19.4 Å². The number of fused-ring (bicyclic) bond motifs is 1. The zero-order valence-electron chi connectivity index (χ0n) is 10.3. The first-order chi connectivity index (χ1) is 9.20. The van der Waals surface area contributed by atoms with Crippen LogP contribution in [0.2, 0.25) is 5.15 Å². The molecule has 0 unspecified atom stereocenters. The molecule has 0 aromatic carbocycles. The number of aryl methyl sites for hydroxylation is 1. The molecule has 0 saturated heterocycles. The standard InChI is InChI=1S/C12H10ClN5O/c1-7-15-9(13)6-10-16-17-11(18(7)10)8-4-3-5-14-12(8)19-2/h3-6H,1-2H3. The number of ether oxygens (including phenoxy) is 1. The molecule has 0 atom stereocenters. The number of hydrogen-bond donors (Lipinski definition) is 0. The summed E-state index contributed by atoms with van der Waals surface area (Å²) in [4.78, 5) is 8.36. The Balaban J connectivity index is 2.32. The molecule has 0 saturated carbocycles. The van der Waals surface area contributed by atoms with E-state index in [2.05, 4.69) is 20.2 Å². The first-order valence-corrected chi connectivity index (χ1v) is 5.96. The van der Waals surface area contributed by atoms with Crippen LogP contribution in [0, 0.1) is 6.92 Å². The highest BCUT2D eigenvalue weighted by molar-refractivity contribution is 6.29. The summed E-state index contributed by atoms with van der Waals surface area (Å²) in [7, 11) is 1.57. The van der Waals surface area contributed by atoms with Gasteiger partial charge in [-0.15, -0.1) is 10.2 Å². The molecule has 0 bridgehead atoms. The minimum atomic E-state index is 0.391. The normalized spacial score (nSPS) is 10.9. The Hall–Kier alpha value is -2.21. The second-order valence-corrected chi connectivity index (χ2v) is 4.29. The van der Waals surface area contributed by atoms with Gasteiger partial charge in [-0.3, -0.25) is 4.40 Å². The molecule has 0 aliphatic carbocycles. The molecule has 19 heavy (non-hydrogen) atoms. The number of hydrogen-bond acceptors (Lipinski definition) is 5. The SMILES string of the molecule is COc1ncccc1-c1nnc2cc(Cl)nc(C)n12. The first-order valence-electron chi connectivity index (χ1n) is 5.58. The number of pyridine rings is 1. The van der Waals surface area contributed by atoms with E-state index in [4.69, 9.17) is 16.3 Å². The summed E-state index contributed by atoms with van der Waals surface area (Å²) in [5, 5.41) is 8.66. The van der Waals surface area contributed by atoms with Crippen LogP contribution >= 0.6 is 11.6 Å². The lowest BCUT2D eigenvalue weighted by molar-refractivity contribution is 0.399. The maximum atomic E-state index is 5.91. The summed E-state index contributed by atoms with van der Waals surface area (Å²) in [6, 6.07) is 5.35. The zero-order valence-corrected chi connectivity index (χ0v) is 11.1. The van der Waals surface area contributed by atoms with Gasteiger partial charge in [0.15, 0.2) is 11.5 Å². The molecule has 3 rings (SSSR count). The summed E-state index contributed by atoms with van der Waals surface area (Å²) in [6.45, 7) is 1.84. The van der Waals surface area contributed by atoms with Crippen molar-refractivity contribution in [2.75, 3.05) is 7.11 Å². The lowest BCUT2D eigenvalue weighted by Gasteiger charge is -2.06. The second kappa shape index (κ2) is 4.47. The third-order valence-electron chi connectivity index (χ3n) is 2.73. The minimum absolute atomic E-state index is 0.391. The van der Waals surface area contributed by atoms with Crippen LogP contribution in [0.3, 0.4) is 0 Å². The topological polar surface area (TPSA) is 65.2 Å². The van der Waals surface area contributed by atoms with Crippen molar-refractivity contribution < 1.29 is 4.74 Å². The van der Waals surface area contributed by atoms with Crippen LogP contribution in [0.4, 0.5) is 0 Å². The summed E-state index contributed by atoms with van der Waals surface area (Å²) < 4.78 is 7.05. The Bertz CT molecular complexity index is 755. The van der Waals surface area contributed by atoms with Gasteiger partial charge in [-0.05, 0) is 19.1 Å². The van der Waals surface area contributed by atoms with Gasteiger partial charge >= 0.3 is 0 Å². The van der Waals surface area contributed by atoms with Crippen molar-refractivity contribution in [3.05, 3.63) is 35.4 Å². The molecular weight excluding hydrogens is 266 g/mol. The van der Waals surface area contributed by atoms with Gasteiger partial charge in [0.05, 0.1) is 12.7 Å². The maximum Gasteiger partial charge on any atom is 0.224 e. The third kappa shape index (κ3) is 1.90. The molecule has 0 radical (unpaired) electrons. The molecule has 0 N–H and O–H groups in total. The molecule has 0 aliphatic rings. The summed E-state index contributed by atoms with van der Waals surface area (Å²) >= 11 is 5.91. The Morgan fingerprint density at radius 1 is 1.32 bits per heavy atom. The van der Waals surface area contributed by atoms with Crippen LogP contribution in [-0.4, -0.2) is 31.7 Å². The number of rotatable bonds is 2. The minimum Gasteiger partial charge on any atom is -0.480 e. The highest BCUT2D eigenvalue weighted by Crippen LogP contribution is 2.27. The van der Waals surface area contributed by atoms with Crippen molar-refractivity contribution >= 4 is 17.2 Å². The molecule has 7 heteroatoms. The van der Waals surface area contributed by atoms with Crippen LogP contribution in [0.5, 0.6) is 5.88 Å². The van der Waals surface area contributed by atoms with E-state index in [0.717, 1.165) is 5.56 Å². The van der Waals surface area contributed by atoms with Gasteiger partial charge in [-0.2, -0.15) is 0 Å². The molecule has 3 aromatic heterocycles. The summed E-state index contributed by atoms with van der Waals surface area (Å²) in [5.74, 6) is 1.82. The van der Waals surface area contributed by atoms with E-state index >= 15 is 0 Å². The number of aromatic nitrogens is 5. The maximum absolute atomic E-state index is 5.91. The lowest BCUT2D eigenvalue weighted by Crippen LogP contribution is -2.00. The average molecular weight is 276 g/mol. The van der Waals surface area contributed by atoms with Gasteiger partial charge in [-0.25, -0.2) is 9.97 Å². The molecular formula is C12H10ClN5O. The van der Waals surface area contributed by atoms with Crippen LogP contribution in [0.15, 0.2) is 24.4 Å². The Morgan fingerprint density at radius 3 is 2.95 bits per heavy atom. The molecule has 96 valence electrons. The number of methoxy groups -OCH3 is 1. The van der Waals surface area contributed by atoms with E-state index in [-0.39, 0.29) is 0 Å². The molecule has 0 amide bonds. The van der Waals surface area contributed by atoms with E-state index in [1.165, 1.54) is 0 Å². The van der Waals surface area contributed by atoms with Gasteiger partial charge in [0.2, 0.25) is 5.88 Å². The summed E-state index contributed by atoms with van der Waals surface area (Å²) in [5.41, 5.74) is 1.39. The molecule has 6 nitrogen and oxygen atoms in total. The van der Waals surface area contributed by atoms with E-state index < -0.39 is 0 Å². The third-order valence-corrected chi connectivity index (χ3v) is 2.93. The first kappa shape index (κ1) is 11.9. The van der Waals surface area contributed by atoms with Gasteiger partial charge in [0, 0.05) is 12.3 Å². The molecule has 0 aliphatic heterocycles. The van der Waals surface area contributed by atoms with Crippen molar-refractivity contribution in [1.29, 1.82) is 0 Å². The highest BCUT2D eigenvalue weighted by atomic mass is 35.5. The largest absolute Gasteiger partial charge is 0.480 e. The van der Waals surface area contributed by atoms with Crippen LogP contribution in [-0.2, 0) is 0 Å². The fourth-order valence-corrected chi connectivity index (χ4v) is 2.17. The predicted octanol–water partition coefficient (Wildman–Crippen LogP) is 2.16. The Morgan fingerprint density at radius 2 is 2.16 bits per heavy atom. The second-order valence-electron chi connectivity index (χ2n) is 3.90. The van der Waals surface area contributed by atoms with Gasteiger partial charge in [0.25, 0.3) is 0 Å². The number of halogens is 1. The van der Waals surface area contributed by atoms with E-state index in [9.17, 15) is 0 Å². The van der Waals surface area contributed by atoms with E-state index in [0.29, 0.717) is 28.3 Å². The number of nitrogens with zero attached hydrogens (tertiary/aromatic N) is 5. The highest BCUT2D eigenvalue weighted by Gasteiger charge is 2.15. The fraction of sp³-hybridized carbons (Fsp3) is 0.167. The average Bonchev–Trinajstić information content (AvgIpc) is 2.82. The monoisotopic (exact) mass is 275 g/mol. The summed E-state index contributed by atoms with van der Waals surface area (Å²) in [6.07, 6.45) is 1.66. The van der Waals surface area contributed by atoms with Gasteiger partial charge < -0.3 is 4.74 Å². The lowest BCUT2D eigenvalue weighted by atomic mass is 10.2. The quantitative estimate of drug-likeness (QED) is 0.671. The molecule has 3 aromatic rings. The Labute approximate surface area is 114 Å². The smallest absolute Gasteiger partial charge is 0.224 e. The van der Waals surface area contributed by atoms with Crippen LogP contribution in [0.1, 0.15) is 5.82 Å². The Kier molecular flexibility index (Phi) is 2.79. The molecule has 0 fully saturated rings.